The number of aryl methyl sites for hydroxylation is 1. The van der Waals surface area contributed by atoms with Crippen LogP contribution in [0.15, 0.2) is 24.3 Å². The number of benzene rings is 1. The molecule has 2 atom stereocenters. The van der Waals surface area contributed by atoms with E-state index in [1.165, 1.54) is 24.8 Å². The molecule has 0 N–H and O–H groups in total. The average Bonchev–Trinajstić information content (AvgIpc) is 2.28. The van der Waals surface area contributed by atoms with Crippen LogP contribution in [0.2, 0.25) is 0 Å². The molecule has 1 heteroatoms. The minimum Gasteiger partial charge on any atom is -0.490 e. The van der Waals surface area contributed by atoms with Crippen molar-refractivity contribution in [2.24, 2.45) is 11.8 Å². The van der Waals surface area contributed by atoms with E-state index in [1.54, 1.807) is 0 Å². The highest BCUT2D eigenvalue weighted by molar-refractivity contribution is 5.28. The van der Waals surface area contributed by atoms with E-state index in [4.69, 9.17) is 4.74 Å². The van der Waals surface area contributed by atoms with Crippen LogP contribution in [-0.4, -0.2) is 6.10 Å². The third kappa shape index (κ3) is 3.49. The van der Waals surface area contributed by atoms with Gasteiger partial charge >= 0.3 is 0 Å². The summed E-state index contributed by atoms with van der Waals surface area (Å²) in [5.41, 5.74) is 1.36. The second kappa shape index (κ2) is 5.57. The molecule has 0 radical (unpaired) electrons. The van der Waals surface area contributed by atoms with Gasteiger partial charge in [0.15, 0.2) is 0 Å². The van der Waals surface area contributed by atoms with Gasteiger partial charge in [-0.05, 0) is 55.2 Å². The van der Waals surface area contributed by atoms with Crippen LogP contribution in [0, 0.1) is 11.8 Å². The molecule has 0 saturated heterocycles. The molecular formula is C16H24O. The molecule has 0 heterocycles. The van der Waals surface area contributed by atoms with Gasteiger partial charge < -0.3 is 4.74 Å². The van der Waals surface area contributed by atoms with Gasteiger partial charge in [0.1, 0.15) is 5.75 Å². The zero-order chi connectivity index (χ0) is 12.3. The van der Waals surface area contributed by atoms with E-state index in [-0.39, 0.29) is 0 Å². The summed E-state index contributed by atoms with van der Waals surface area (Å²) in [5, 5.41) is 0. The minimum atomic E-state index is 0.417. The van der Waals surface area contributed by atoms with Crippen LogP contribution in [0.1, 0.15) is 45.6 Å². The highest BCUT2D eigenvalue weighted by Gasteiger charge is 2.25. The molecular weight excluding hydrogens is 208 g/mol. The summed E-state index contributed by atoms with van der Waals surface area (Å²) < 4.78 is 6.14. The molecule has 0 spiro atoms. The predicted octanol–water partition coefficient (Wildman–Crippen LogP) is 4.45. The van der Waals surface area contributed by atoms with Gasteiger partial charge in [-0.2, -0.15) is 0 Å². The quantitative estimate of drug-likeness (QED) is 0.748. The van der Waals surface area contributed by atoms with E-state index in [0.717, 1.165) is 24.0 Å². The maximum absolute atomic E-state index is 6.14. The van der Waals surface area contributed by atoms with Crippen LogP contribution in [0.3, 0.4) is 0 Å². The van der Waals surface area contributed by atoms with Crippen molar-refractivity contribution < 1.29 is 4.74 Å². The lowest BCUT2D eigenvalue weighted by molar-refractivity contribution is 0.101. The second-order valence-electron chi connectivity index (χ2n) is 5.66. The van der Waals surface area contributed by atoms with Crippen molar-refractivity contribution in [2.75, 3.05) is 0 Å². The van der Waals surface area contributed by atoms with Crippen LogP contribution in [0.5, 0.6) is 5.75 Å². The van der Waals surface area contributed by atoms with Crippen LogP contribution in [-0.2, 0) is 6.42 Å². The largest absolute Gasteiger partial charge is 0.490 e. The van der Waals surface area contributed by atoms with E-state index in [2.05, 4.69) is 45.0 Å². The summed E-state index contributed by atoms with van der Waals surface area (Å²) in [6, 6.07) is 8.54. The summed E-state index contributed by atoms with van der Waals surface area (Å²) in [4.78, 5) is 0. The van der Waals surface area contributed by atoms with Crippen LogP contribution >= 0.6 is 0 Å². The van der Waals surface area contributed by atoms with E-state index in [9.17, 15) is 0 Å². The fourth-order valence-electron chi connectivity index (χ4n) is 3.00. The highest BCUT2D eigenvalue weighted by Crippen LogP contribution is 2.31. The summed E-state index contributed by atoms with van der Waals surface area (Å²) in [7, 11) is 0. The number of rotatable bonds is 3. The van der Waals surface area contributed by atoms with E-state index < -0.39 is 0 Å². The molecule has 0 bridgehead atoms. The van der Waals surface area contributed by atoms with Crippen molar-refractivity contribution in [3.8, 4) is 5.75 Å². The third-order valence-corrected chi connectivity index (χ3v) is 3.74. The maximum Gasteiger partial charge on any atom is 0.119 e. The van der Waals surface area contributed by atoms with Gasteiger partial charge in [-0.1, -0.05) is 32.9 Å². The molecule has 0 aliphatic heterocycles. The molecule has 1 aliphatic carbocycles. The Labute approximate surface area is 105 Å². The minimum absolute atomic E-state index is 0.417. The van der Waals surface area contributed by atoms with Crippen molar-refractivity contribution >= 4 is 0 Å². The molecule has 94 valence electrons. The van der Waals surface area contributed by atoms with E-state index >= 15 is 0 Å². The Bertz CT molecular complexity index is 348. The zero-order valence-electron chi connectivity index (χ0n) is 11.3. The normalized spacial score (nSPS) is 29.0. The van der Waals surface area contributed by atoms with Crippen molar-refractivity contribution in [3.63, 3.8) is 0 Å². The van der Waals surface area contributed by atoms with Gasteiger partial charge in [0.25, 0.3) is 0 Å². The van der Waals surface area contributed by atoms with Crippen molar-refractivity contribution in [1.82, 2.24) is 0 Å². The standard InChI is InChI=1S/C16H24O/c1-4-14-6-5-7-15(11-14)17-16-9-12(2)8-13(3)10-16/h5-7,11-13,16H,4,8-10H2,1-3H3. The Balaban J connectivity index is 1.99. The predicted molar refractivity (Wildman–Crippen MR) is 72.4 cm³/mol. The third-order valence-electron chi connectivity index (χ3n) is 3.74. The summed E-state index contributed by atoms with van der Waals surface area (Å²) in [6.45, 7) is 6.87. The van der Waals surface area contributed by atoms with Crippen LogP contribution in [0.25, 0.3) is 0 Å². The first-order valence-corrected chi connectivity index (χ1v) is 6.93. The van der Waals surface area contributed by atoms with E-state index in [0.29, 0.717) is 6.10 Å². The smallest absolute Gasteiger partial charge is 0.119 e. The molecule has 0 aromatic heterocycles. The molecule has 0 amide bonds. The molecule has 17 heavy (non-hydrogen) atoms. The number of ether oxygens (including phenoxy) is 1. The molecule has 1 nitrogen and oxygen atoms in total. The fourth-order valence-corrected chi connectivity index (χ4v) is 3.00. The van der Waals surface area contributed by atoms with Gasteiger partial charge in [-0.15, -0.1) is 0 Å². The van der Waals surface area contributed by atoms with E-state index in [1.807, 2.05) is 0 Å². The van der Waals surface area contributed by atoms with Gasteiger partial charge in [0.2, 0.25) is 0 Å². The topological polar surface area (TPSA) is 9.23 Å². The molecule has 2 unspecified atom stereocenters. The molecule has 1 aromatic carbocycles. The SMILES string of the molecule is CCc1cccc(OC2CC(C)CC(C)C2)c1. The Morgan fingerprint density at radius 2 is 1.82 bits per heavy atom. The Kier molecular flexibility index (Phi) is 4.09. The summed E-state index contributed by atoms with van der Waals surface area (Å²) in [6.07, 6.45) is 5.27. The lowest BCUT2D eigenvalue weighted by Crippen LogP contribution is -2.28. The average molecular weight is 232 g/mol. The Morgan fingerprint density at radius 1 is 1.12 bits per heavy atom. The van der Waals surface area contributed by atoms with Crippen molar-refractivity contribution in [1.29, 1.82) is 0 Å². The lowest BCUT2D eigenvalue weighted by Gasteiger charge is -2.31. The first-order valence-electron chi connectivity index (χ1n) is 6.93. The Hall–Kier alpha value is -0.980. The summed E-state index contributed by atoms with van der Waals surface area (Å²) >= 11 is 0. The number of hydrogen-bond acceptors (Lipinski definition) is 1. The van der Waals surface area contributed by atoms with Crippen LogP contribution < -0.4 is 4.74 Å². The lowest BCUT2D eigenvalue weighted by atomic mass is 9.82. The summed E-state index contributed by atoms with van der Waals surface area (Å²) in [5.74, 6) is 2.66. The van der Waals surface area contributed by atoms with Crippen molar-refractivity contribution in [2.45, 2.75) is 52.6 Å². The van der Waals surface area contributed by atoms with Gasteiger partial charge in [0.05, 0.1) is 6.10 Å². The first-order chi connectivity index (χ1) is 8.17. The molecule has 1 saturated carbocycles. The second-order valence-corrected chi connectivity index (χ2v) is 5.66. The van der Waals surface area contributed by atoms with Gasteiger partial charge in [0, 0.05) is 0 Å². The monoisotopic (exact) mass is 232 g/mol. The fraction of sp³-hybridized carbons (Fsp3) is 0.625. The first kappa shape index (κ1) is 12.5. The Morgan fingerprint density at radius 3 is 2.47 bits per heavy atom. The zero-order valence-corrected chi connectivity index (χ0v) is 11.3. The van der Waals surface area contributed by atoms with Gasteiger partial charge in [-0.25, -0.2) is 0 Å². The maximum atomic E-state index is 6.14. The molecule has 1 aliphatic rings. The highest BCUT2D eigenvalue weighted by atomic mass is 16.5. The number of hydrogen-bond donors (Lipinski definition) is 0. The molecule has 1 fully saturated rings. The van der Waals surface area contributed by atoms with Gasteiger partial charge in [-0.3, -0.25) is 0 Å². The molecule has 1 aromatic rings. The van der Waals surface area contributed by atoms with Crippen molar-refractivity contribution in [3.05, 3.63) is 29.8 Å². The van der Waals surface area contributed by atoms with Crippen LogP contribution in [0.4, 0.5) is 0 Å². The molecule has 2 rings (SSSR count).